The first-order chi connectivity index (χ1) is 10.1. The molecule has 1 unspecified atom stereocenters. The average Bonchev–Trinajstić information content (AvgIpc) is 2.95. The van der Waals surface area contributed by atoms with E-state index in [1.807, 2.05) is 30.3 Å². The van der Waals surface area contributed by atoms with Crippen LogP contribution in [0.5, 0.6) is 0 Å². The zero-order valence-corrected chi connectivity index (χ0v) is 12.4. The minimum absolute atomic E-state index is 0.0703. The van der Waals surface area contributed by atoms with Gasteiger partial charge in [0.15, 0.2) is 0 Å². The SMILES string of the molecule is NC(=O)C1CCN(c2ccc(C(N)=S)c3ccccc23)C1. The van der Waals surface area contributed by atoms with Crippen molar-refractivity contribution >= 4 is 39.6 Å². The molecule has 0 aliphatic carbocycles. The fourth-order valence-electron chi connectivity index (χ4n) is 2.99. The molecule has 2 aromatic carbocycles. The molecule has 1 atom stereocenters. The maximum atomic E-state index is 11.3. The molecular formula is C16H17N3OS. The first kappa shape index (κ1) is 13.8. The number of primary amides is 1. The molecule has 21 heavy (non-hydrogen) atoms. The van der Waals surface area contributed by atoms with Gasteiger partial charge in [-0.3, -0.25) is 4.79 Å². The maximum absolute atomic E-state index is 11.3. The van der Waals surface area contributed by atoms with E-state index in [0.717, 1.165) is 35.0 Å². The molecule has 1 aliphatic heterocycles. The predicted molar refractivity (Wildman–Crippen MR) is 89.3 cm³/mol. The van der Waals surface area contributed by atoms with Gasteiger partial charge in [-0.25, -0.2) is 0 Å². The van der Waals surface area contributed by atoms with Crippen LogP contribution in [-0.2, 0) is 4.79 Å². The minimum Gasteiger partial charge on any atom is -0.389 e. The van der Waals surface area contributed by atoms with E-state index in [-0.39, 0.29) is 11.8 Å². The number of carbonyl (C=O) groups excluding carboxylic acids is 1. The first-order valence-corrected chi connectivity index (χ1v) is 7.34. The summed E-state index contributed by atoms with van der Waals surface area (Å²) >= 11 is 5.12. The molecule has 3 rings (SSSR count). The first-order valence-electron chi connectivity index (χ1n) is 6.93. The number of anilines is 1. The van der Waals surface area contributed by atoms with E-state index in [0.29, 0.717) is 11.5 Å². The van der Waals surface area contributed by atoms with E-state index in [9.17, 15) is 4.79 Å². The third kappa shape index (κ3) is 2.45. The van der Waals surface area contributed by atoms with E-state index in [4.69, 9.17) is 23.7 Å². The summed E-state index contributed by atoms with van der Waals surface area (Å²) < 4.78 is 0. The van der Waals surface area contributed by atoms with Crippen molar-refractivity contribution in [2.75, 3.05) is 18.0 Å². The summed E-state index contributed by atoms with van der Waals surface area (Å²) in [5.74, 6) is -0.291. The van der Waals surface area contributed by atoms with Gasteiger partial charge in [0, 0.05) is 29.7 Å². The van der Waals surface area contributed by atoms with Crippen LogP contribution in [0.3, 0.4) is 0 Å². The lowest BCUT2D eigenvalue weighted by atomic mass is 10.0. The summed E-state index contributed by atoms with van der Waals surface area (Å²) in [5.41, 5.74) is 13.2. The number of thiocarbonyl (C=S) groups is 1. The smallest absolute Gasteiger partial charge is 0.222 e. The van der Waals surface area contributed by atoms with E-state index in [1.54, 1.807) is 0 Å². The van der Waals surface area contributed by atoms with Crippen LogP contribution in [0, 0.1) is 5.92 Å². The largest absolute Gasteiger partial charge is 0.389 e. The Morgan fingerprint density at radius 1 is 1.14 bits per heavy atom. The van der Waals surface area contributed by atoms with Crippen LogP contribution in [0.25, 0.3) is 10.8 Å². The number of nitrogens with two attached hydrogens (primary N) is 2. The molecule has 2 aromatic rings. The normalized spacial score (nSPS) is 18.1. The van der Waals surface area contributed by atoms with Crippen molar-refractivity contribution in [2.24, 2.45) is 17.4 Å². The predicted octanol–water partition coefficient (Wildman–Crippen LogP) is 1.79. The summed E-state index contributed by atoms with van der Waals surface area (Å²) in [4.78, 5) is 14.0. The minimum atomic E-state index is -0.221. The van der Waals surface area contributed by atoms with Crippen LogP contribution in [0.4, 0.5) is 5.69 Å². The number of benzene rings is 2. The molecule has 4 N–H and O–H groups in total. The Hall–Kier alpha value is -2.14. The average molecular weight is 299 g/mol. The lowest BCUT2D eigenvalue weighted by molar-refractivity contribution is -0.121. The van der Waals surface area contributed by atoms with Gasteiger partial charge < -0.3 is 16.4 Å². The highest BCUT2D eigenvalue weighted by Crippen LogP contribution is 2.32. The van der Waals surface area contributed by atoms with Crippen molar-refractivity contribution < 1.29 is 4.79 Å². The van der Waals surface area contributed by atoms with Gasteiger partial charge in [0.2, 0.25) is 5.91 Å². The second kappa shape index (κ2) is 5.33. The molecule has 0 bridgehead atoms. The molecule has 0 spiro atoms. The van der Waals surface area contributed by atoms with Crippen LogP contribution in [0.15, 0.2) is 36.4 Å². The van der Waals surface area contributed by atoms with E-state index < -0.39 is 0 Å². The molecule has 1 heterocycles. The Labute approximate surface area is 128 Å². The van der Waals surface area contributed by atoms with Crippen molar-refractivity contribution in [2.45, 2.75) is 6.42 Å². The van der Waals surface area contributed by atoms with Crippen LogP contribution < -0.4 is 16.4 Å². The molecular weight excluding hydrogens is 282 g/mol. The molecule has 1 fully saturated rings. The molecule has 5 heteroatoms. The fraction of sp³-hybridized carbons (Fsp3) is 0.250. The highest BCUT2D eigenvalue weighted by molar-refractivity contribution is 7.80. The number of rotatable bonds is 3. The van der Waals surface area contributed by atoms with Gasteiger partial charge >= 0.3 is 0 Å². The second-order valence-corrected chi connectivity index (χ2v) is 5.82. The third-order valence-electron chi connectivity index (χ3n) is 4.10. The Morgan fingerprint density at radius 2 is 1.86 bits per heavy atom. The Kier molecular flexibility index (Phi) is 3.51. The van der Waals surface area contributed by atoms with Crippen molar-refractivity contribution in [3.05, 3.63) is 42.0 Å². The summed E-state index contributed by atoms with van der Waals surface area (Å²) in [5, 5.41) is 2.15. The standard InChI is InChI=1S/C16H17N3OS/c17-15(20)10-7-8-19(9-10)14-6-5-13(16(18)21)11-3-1-2-4-12(11)14/h1-6,10H,7-9H2,(H2,17,20)(H2,18,21). The van der Waals surface area contributed by atoms with Gasteiger partial charge in [0.1, 0.15) is 4.99 Å². The molecule has 1 aliphatic rings. The van der Waals surface area contributed by atoms with Crippen LogP contribution in [0.2, 0.25) is 0 Å². The van der Waals surface area contributed by atoms with Crippen molar-refractivity contribution in [3.8, 4) is 0 Å². The van der Waals surface area contributed by atoms with Gasteiger partial charge in [-0.15, -0.1) is 0 Å². The highest BCUT2D eigenvalue weighted by Gasteiger charge is 2.27. The molecule has 108 valence electrons. The van der Waals surface area contributed by atoms with Gasteiger partial charge in [0.05, 0.1) is 5.92 Å². The summed E-state index contributed by atoms with van der Waals surface area (Å²) in [6, 6.07) is 12.0. The van der Waals surface area contributed by atoms with Gasteiger partial charge in [-0.1, -0.05) is 36.5 Å². The zero-order chi connectivity index (χ0) is 15.0. The van der Waals surface area contributed by atoms with Crippen LogP contribution >= 0.6 is 12.2 Å². The van der Waals surface area contributed by atoms with E-state index >= 15 is 0 Å². The number of nitrogens with zero attached hydrogens (tertiary/aromatic N) is 1. The lowest BCUT2D eigenvalue weighted by Crippen LogP contribution is -2.27. The molecule has 1 saturated heterocycles. The van der Waals surface area contributed by atoms with Crippen LogP contribution in [-0.4, -0.2) is 24.0 Å². The zero-order valence-electron chi connectivity index (χ0n) is 11.6. The van der Waals surface area contributed by atoms with Crippen molar-refractivity contribution in [1.29, 1.82) is 0 Å². The Morgan fingerprint density at radius 3 is 2.48 bits per heavy atom. The van der Waals surface area contributed by atoms with E-state index in [2.05, 4.69) is 11.0 Å². The number of amides is 1. The summed E-state index contributed by atoms with van der Waals surface area (Å²) in [7, 11) is 0. The third-order valence-corrected chi connectivity index (χ3v) is 4.32. The topological polar surface area (TPSA) is 72.4 Å². The Balaban J connectivity index is 2.07. The summed E-state index contributed by atoms with van der Waals surface area (Å²) in [6.07, 6.45) is 0.806. The molecule has 0 radical (unpaired) electrons. The number of hydrogen-bond acceptors (Lipinski definition) is 3. The molecule has 4 nitrogen and oxygen atoms in total. The summed E-state index contributed by atoms with van der Waals surface area (Å²) in [6.45, 7) is 1.51. The quantitative estimate of drug-likeness (QED) is 0.848. The van der Waals surface area contributed by atoms with Crippen molar-refractivity contribution in [1.82, 2.24) is 0 Å². The lowest BCUT2D eigenvalue weighted by Gasteiger charge is -2.21. The monoisotopic (exact) mass is 299 g/mol. The highest BCUT2D eigenvalue weighted by atomic mass is 32.1. The molecule has 0 saturated carbocycles. The Bertz CT molecular complexity index is 729. The van der Waals surface area contributed by atoms with Gasteiger partial charge in [-0.2, -0.15) is 0 Å². The number of carbonyl (C=O) groups is 1. The fourth-order valence-corrected chi connectivity index (χ4v) is 3.16. The second-order valence-electron chi connectivity index (χ2n) is 5.38. The van der Waals surface area contributed by atoms with Crippen molar-refractivity contribution in [3.63, 3.8) is 0 Å². The number of fused-ring (bicyclic) bond motifs is 1. The molecule has 1 amide bonds. The van der Waals surface area contributed by atoms with Gasteiger partial charge in [0.25, 0.3) is 0 Å². The van der Waals surface area contributed by atoms with Crippen LogP contribution in [0.1, 0.15) is 12.0 Å². The van der Waals surface area contributed by atoms with Gasteiger partial charge in [-0.05, 0) is 23.9 Å². The number of hydrogen-bond donors (Lipinski definition) is 2. The molecule has 0 aromatic heterocycles. The maximum Gasteiger partial charge on any atom is 0.222 e. The van der Waals surface area contributed by atoms with E-state index in [1.165, 1.54) is 0 Å².